The van der Waals surface area contributed by atoms with Gasteiger partial charge < -0.3 is 14.2 Å². The lowest BCUT2D eigenvalue weighted by Gasteiger charge is -2.25. The molecule has 1 aromatic rings. The second-order valence-electron chi connectivity index (χ2n) is 7.21. The molecule has 8 nitrogen and oxygen atoms in total. The maximum absolute atomic E-state index is 12.5. The SMILES string of the molecule is COC(=O)C[C@H]1[C@@H](/C(C)=C/c2ccc(C(C)=O)cc2)CN(C(=O)OC)[C@@H]1C(=O)OC. The van der Waals surface area contributed by atoms with Gasteiger partial charge >= 0.3 is 18.0 Å². The fourth-order valence-corrected chi connectivity index (χ4v) is 3.84. The van der Waals surface area contributed by atoms with Crippen LogP contribution in [0.2, 0.25) is 0 Å². The first-order valence-corrected chi connectivity index (χ1v) is 9.51. The van der Waals surface area contributed by atoms with Crippen molar-refractivity contribution >= 4 is 29.9 Å². The molecule has 1 aromatic carbocycles. The van der Waals surface area contributed by atoms with Crippen molar-refractivity contribution in [3.63, 3.8) is 0 Å². The molecule has 0 aromatic heterocycles. The lowest BCUT2D eigenvalue weighted by molar-refractivity contribution is -0.148. The van der Waals surface area contributed by atoms with Crippen molar-refractivity contribution in [1.29, 1.82) is 0 Å². The van der Waals surface area contributed by atoms with Crippen molar-refractivity contribution in [3.8, 4) is 0 Å². The number of ether oxygens (including phenoxy) is 3. The van der Waals surface area contributed by atoms with Crippen molar-refractivity contribution in [2.45, 2.75) is 26.3 Å². The Labute approximate surface area is 175 Å². The Kier molecular flexibility index (Phi) is 7.74. The Morgan fingerprint density at radius 3 is 2.13 bits per heavy atom. The Morgan fingerprint density at radius 1 is 1.00 bits per heavy atom. The molecule has 1 fully saturated rings. The summed E-state index contributed by atoms with van der Waals surface area (Å²) in [6.07, 6.45) is 1.19. The fourth-order valence-electron chi connectivity index (χ4n) is 3.84. The largest absolute Gasteiger partial charge is 0.469 e. The molecule has 2 rings (SSSR count). The number of methoxy groups -OCH3 is 3. The van der Waals surface area contributed by atoms with E-state index in [9.17, 15) is 19.2 Å². The number of nitrogens with zero attached hydrogens (tertiary/aromatic N) is 1. The van der Waals surface area contributed by atoms with E-state index in [1.165, 1.54) is 33.2 Å². The van der Waals surface area contributed by atoms with Gasteiger partial charge in [-0.25, -0.2) is 9.59 Å². The van der Waals surface area contributed by atoms with Crippen LogP contribution in [0.15, 0.2) is 29.8 Å². The third kappa shape index (κ3) is 5.06. The first-order valence-electron chi connectivity index (χ1n) is 9.51. The van der Waals surface area contributed by atoms with Gasteiger partial charge in [-0.15, -0.1) is 0 Å². The van der Waals surface area contributed by atoms with Gasteiger partial charge in [0, 0.05) is 23.9 Å². The van der Waals surface area contributed by atoms with Crippen molar-refractivity contribution < 1.29 is 33.4 Å². The van der Waals surface area contributed by atoms with Gasteiger partial charge in [-0.2, -0.15) is 0 Å². The van der Waals surface area contributed by atoms with Crippen LogP contribution in [0.4, 0.5) is 4.79 Å². The van der Waals surface area contributed by atoms with E-state index in [1.807, 2.05) is 25.1 Å². The van der Waals surface area contributed by atoms with E-state index in [0.29, 0.717) is 5.56 Å². The summed E-state index contributed by atoms with van der Waals surface area (Å²) in [6.45, 7) is 3.57. The Balaban J connectivity index is 2.42. The molecule has 0 saturated carbocycles. The van der Waals surface area contributed by atoms with Crippen molar-refractivity contribution in [1.82, 2.24) is 4.90 Å². The van der Waals surface area contributed by atoms with Gasteiger partial charge in [0.15, 0.2) is 5.78 Å². The third-order valence-electron chi connectivity index (χ3n) is 5.43. The van der Waals surface area contributed by atoms with Crippen molar-refractivity contribution in [2.24, 2.45) is 11.8 Å². The summed E-state index contributed by atoms with van der Waals surface area (Å²) in [5.74, 6) is -1.94. The molecule has 0 unspecified atom stereocenters. The number of esters is 2. The number of hydrogen-bond acceptors (Lipinski definition) is 7. The molecule has 0 radical (unpaired) electrons. The zero-order chi connectivity index (χ0) is 22.4. The molecular weight excluding hydrogens is 390 g/mol. The number of carbonyl (C=O) groups excluding carboxylic acids is 4. The topological polar surface area (TPSA) is 99.2 Å². The average molecular weight is 417 g/mol. The second kappa shape index (κ2) is 10.0. The Hall–Kier alpha value is -3.16. The molecule has 1 amide bonds. The molecule has 162 valence electrons. The third-order valence-corrected chi connectivity index (χ3v) is 5.43. The van der Waals surface area contributed by atoms with Crippen LogP contribution in [0, 0.1) is 11.8 Å². The number of rotatable bonds is 6. The summed E-state index contributed by atoms with van der Waals surface area (Å²) in [4.78, 5) is 49.6. The highest BCUT2D eigenvalue weighted by Crippen LogP contribution is 2.38. The molecule has 1 heterocycles. The van der Waals surface area contributed by atoms with E-state index in [4.69, 9.17) is 14.2 Å². The van der Waals surface area contributed by atoms with E-state index >= 15 is 0 Å². The monoisotopic (exact) mass is 417 g/mol. The highest BCUT2D eigenvalue weighted by atomic mass is 16.5. The molecule has 3 atom stereocenters. The summed E-state index contributed by atoms with van der Waals surface area (Å²) in [5, 5.41) is 0. The summed E-state index contributed by atoms with van der Waals surface area (Å²) in [6, 6.07) is 6.15. The second-order valence-corrected chi connectivity index (χ2v) is 7.21. The maximum Gasteiger partial charge on any atom is 0.410 e. The molecule has 1 aliphatic heterocycles. The average Bonchev–Trinajstić information content (AvgIpc) is 3.11. The van der Waals surface area contributed by atoms with Gasteiger partial charge in [0.2, 0.25) is 0 Å². The van der Waals surface area contributed by atoms with Crippen molar-refractivity contribution in [2.75, 3.05) is 27.9 Å². The highest BCUT2D eigenvalue weighted by Gasteiger charge is 2.50. The molecule has 0 spiro atoms. The lowest BCUT2D eigenvalue weighted by atomic mass is 9.82. The zero-order valence-electron chi connectivity index (χ0n) is 17.8. The quantitative estimate of drug-likeness (QED) is 0.399. The van der Waals surface area contributed by atoms with Crippen LogP contribution in [0.25, 0.3) is 6.08 Å². The van der Waals surface area contributed by atoms with Crippen LogP contribution < -0.4 is 0 Å². The van der Waals surface area contributed by atoms with Crippen LogP contribution in [0.5, 0.6) is 0 Å². The van der Waals surface area contributed by atoms with E-state index in [0.717, 1.165) is 11.1 Å². The number of amides is 1. The minimum absolute atomic E-state index is 0.0224. The summed E-state index contributed by atoms with van der Waals surface area (Å²) >= 11 is 0. The Bertz CT molecular complexity index is 844. The minimum Gasteiger partial charge on any atom is -0.469 e. The van der Waals surface area contributed by atoms with E-state index < -0.39 is 30.0 Å². The van der Waals surface area contributed by atoms with Crippen LogP contribution in [-0.2, 0) is 23.8 Å². The molecule has 8 heteroatoms. The van der Waals surface area contributed by atoms with Gasteiger partial charge in [-0.1, -0.05) is 35.9 Å². The number of ketones is 1. The molecule has 1 aliphatic rings. The highest BCUT2D eigenvalue weighted by molar-refractivity contribution is 5.94. The molecule has 30 heavy (non-hydrogen) atoms. The van der Waals surface area contributed by atoms with E-state index in [2.05, 4.69) is 0 Å². The molecule has 0 aliphatic carbocycles. The van der Waals surface area contributed by atoms with Crippen molar-refractivity contribution in [3.05, 3.63) is 41.0 Å². The molecule has 1 saturated heterocycles. The zero-order valence-corrected chi connectivity index (χ0v) is 17.8. The molecule has 0 N–H and O–H groups in total. The smallest absolute Gasteiger partial charge is 0.410 e. The van der Waals surface area contributed by atoms with Crippen LogP contribution in [0.3, 0.4) is 0 Å². The van der Waals surface area contributed by atoms with Gasteiger partial charge in [0.05, 0.1) is 27.8 Å². The van der Waals surface area contributed by atoms with Gasteiger partial charge in [0.1, 0.15) is 6.04 Å². The van der Waals surface area contributed by atoms with Gasteiger partial charge in [0.25, 0.3) is 0 Å². The minimum atomic E-state index is -0.963. The van der Waals surface area contributed by atoms with Gasteiger partial charge in [-0.3, -0.25) is 14.5 Å². The number of likely N-dealkylation sites (tertiary alicyclic amines) is 1. The van der Waals surface area contributed by atoms with Gasteiger partial charge in [-0.05, 0) is 19.4 Å². The first kappa shape index (κ1) is 23.1. The Morgan fingerprint density at radius 2 is 1.63 bits per heavy atom. The number of carbonyl (C=O) groups is 4. The first-order chi connectivity index (χ1) is 14.2. The predicted molar refractivity (Wildman–Crippen MR) is 109 cm³/mol. The number of benzene rings is 1. The fraction of sp³-hybridized carbons (Fsp3) is 0.455. The van der Waals surface area contributed by atoms with E-state index in [1.54, 1.807) is 12.1 Å². The van der Waals surface area contributed by atoms with Crippen LogP contribution in [-0.4, -0.2) is 62.6 Å². The summed E-state index contributed by atoms with van der Waals surface area (Å²) in [7, 11) is 3.75. The normalized spacial score (nSPS) is 21.2. The standard InChI is InChI=1S/C22H27NO7/c1-13(10-15-6-8-16(9-7-15)14(2)24)18-12-23(22(27)30-5)20(21(26)29-4)17(18)11-19(25)28-3/h6-10,17-18,20H,11-12H2,1-5H3/b13-10+/t17-,18+,20-/m0/s1. The predicted octanol–water partition coefficient (Wildman–Crippen LogP) is 2.71. The molecule has 0 bridgehead atoms. The lowest BCUT2D eigenvalue weighted by Crippen LogP contribution is -2.44. The summed E-state index contributed by atoms with van der Waals surface area (Å²) < 4.78 is 14.5. The number of hydrogen-bond donors (Lipinski definition) is 0. The van der Waals surface area contributed by atoms with E-state index in [-0.39, 0.29) is 24.7 Å². The summed E-state index contributed by atoms with van der Waals surface area (Å²) in [5.41, 5.74) is 2.34. The maximum atomic E-state index is 12.5. The van der Waals surface area contributed by atoms with Crippen LogP contribution in [0.1, 0.15) is 36.2 Å². The number of Topliss-reactive ketones (excluding diaryl/α,β-unsaturated/α-hetero) is 1. The molecular formula is C22H27NO7. The van der Waals surface area contributed by atoms with Crippen LogP contribution >= 0.6 is 0 Å².